The van der Waals surface area contributed by atoms with Gasteiger partial charge in [0.05, 0.1) is 12.1 Å². The number of carbonyl (C=O) groups excluding carboxylic acids is 1. The summed E-state index contributed by atoms with van der Waals surface area (Å²) in [6.07, 6.45) is -0.107. The number of hydrogen-bond donors (Lipinski definition) is 2. The van der Waals surface area contributed by atoms with Gasteiger partial charge in [0.15, 0.2) is 6.61 Å². The standard InChI is InChI=1S/C16H17F2N3O4/c1-9-13(10(2)21(20-9)16(17)18)7-14(22)19-11-4-3-5-12(6-11)25-8-15(23)24/h3-6,16H,7-8H2,1-2H3,(H,19,22)(H,23,24). The Kier molecular flexibility index (Phi) is 5.68. The largest absolute Gasteiger partial charge is 0.482 e. The van der Waals surface area contributed by atoms with Gasteiger partial charge in [0, 0.05) is 23.0 Å². The summed E-state index contributed by atoms with van der Waals surface area (Å²) in [6, 6.07) is 6.23. The van der Waals surface area contributed by atoms with Crippen LogP contribution in [-0.2, 0) is 16.0 Å². The van der Waals surface area contributed by atoms with E-state index in [4.69, 9.17) is 9.84 Å². The van der Waals surface area contributed by atoms with Crippen molar-refractivity contribution in [3.05, 3.63) is 41.2 Å². The van der Waals surface area contributed by atoms with E-state index in [1.165, 1.54) is 13.0 Å². The molecule has 7 nitrogen and oxygen atoms in total. The smallest absolute Gasteiger partial charge is 0.341 e. The summed E-state index contributed by atoms with van der Waals surface area (Å²) in [4.78, 5) is 22.7. The molecule has 0 radical (unpaired) electrons. The number of aryl methyl sites for hydroxylation is 1. The first kappa shape index (κ1) is 18.4. The number of carboxylic acids is 1. The number of rotatable bonds is 7. The van der Waals surface area contributed by atoms with E-state index >= 15 is 0 Å². The van der Waals surface area contributed by atoms with E-state index in [9.17, 15) is 18.4 Å². The van der Waals surface area contributed by atoms with Crippen molar-refractivity contribution in [3.8, 4) is 5.75 Å². The lowest BCUT2D eigenvalue weighted by Gasteiger charge is -2.08. The van der Waals surface area contributed by atoms with E-state index < -0.39 is 25.0 Å². The molecule has 2 aromatic rings. The van der Waals surface area contributed by atoms with Gasteiger partial charge in [-0.1, -0.05) is 6.07 Å². The van der Waals surface area contributed by atoms with Gasteiger partial charge in [-0.3, -0.25) is 4.79 Å². The maximum absolute atomic E-state index is 12.8. The van der Waals surface area contributed by atoms with Crippen LogP contribution in [0.1, 0.15) is 23.5 Å². The molecule has 0 fully saturated rings. The first-order chi connectivity index (χ1) is 11.8. The summed E-state index contributed by atoms with van der Waals surface area (Å²) in [5.74, 6) is -1.23. The third-order valence-electron chi connectivity index (χ3n) is 3.48. The fourth-order valence-electron chi connectivity index (χ4n) is 2.32. The van der Waals surface area contributed by atoms with E-state index in [0.717, 1.165) is 0 Å². The zero-order valence-corrected chi connectivity index (χ0v) is 13.6. The lowest BCUT2D eigenvalue weighted by atomic mass is 10.1. The van der Waals surface area contributed by atoms with Crippen molar-refractivity contribution in [2.75, 3.05) is 11.9 Å². The number of nitrogens with one attached hydrogen (secondary N) is 1. The van der Waals surface area contributed by atoms with Gasteiger partial charge in [0.2, 0.25) is 5.91 Å². The maximum atomic E-state index is 12.8. The quantitative estimate of drug-likeness (QED) is 0.798. The molecule has 2 rings (SSSR count). The summed E-state index contributed by atoms with van der Waals surface area (Å²) in [5, 5.41) is 14.9. The van der Waals surface area contributed by atoms with Crippen LogP contribution >= 0.6 is 0 Å². The normalized spacial score (nSPS) is 10.8. The van der Waals surface area contributed by atoms with Crippen LogP contribution in [0.5, 0.6) is 5.75 Å². The maximum Gasteiger partial charge on any atom is 0.341 e. The second-order valence-electron chi connectivity index (χ2n) is 5.31. The van der Waals surface area contributed by atoms with Crippen molar-refractivity contribution in [1.29, 1.82) is 0 Å². The number of anilines is 1. The molecule has 2 N–H and O–H groups in total. The summed E-state index contributed by atoms with van der Waals surface area (Å²) in [7, 11) is 0. The molecule has 9 heteroatoms. The number of nitrogens with zero attached hydrogens (tertiary/aromatic N) is 2. The average Bonchev–Trinajstić information content (AvgIpc) is 2.81. The van der Waals surface area contributed by atoms with E-state index in [0.29, 0.717) is 21.6 Å². The van der Waals surface area contributed by atoms with Crippen molar-refractivity contribution in [2.45, 2.75) is 26.8 Å². The Balaban J connectivity index is 2.06. The summed E-state index contributed by atoms with van der Waals surface area (Å²) >= 11 is 0. The molecule has 1 heterocycles. The molecule has 1 aromatic heterocycles. The predicted octanol–water partition coefficient (Wildman–Crippen LogP) is 2.54. The van der Waals surface area contributed by atoms with Crippen LogP contribution in [0.25, 0.3) is 0 Å². The summed E-state index contributed by atoms with van der Waals surface area (Å²) in [6.45, 7) is -0.217. The fourth-order valence-corrected chi connectivity index (χ4v) is 2.32. The number of amides is 1. The number of ether oxygens (including phenoxy) is 1. The fraction of sp³-hybridized carbons (Fsp3) is 0.312. The monoisotopic (exact) mass is 353 g/mol. The predicted molar refractivity (Wildman–Crippen MR) is 84.9 cm³/mol. The van der Waals surface area contributed by atoms with Crippen LogP contribution in [0.3, 0.4) is 0 Å². The molecule has 134 valence electrons. The van der Waals surface area contributed by atoms with Crippen LogP contribution < -0.4 is 10.1 Å². The second kappa shape index (κ2) is 7.73. The van der Waals surface area contributed by atoms with Gasteiger partial charge in [0.25, 0.3) is 0 Å². The highest BCUT2D eigenvalue weighted by molar-refractivity contribution is 5.92. The Morgan fingerprint density at radius 2 is 2.08 bits per heavy atom. The van der Waals surface area contributed by atoms with Gasteiger partial charge in [-0.2, -0.15) is 13.9 Å². The third kappa shape index (κ3) is 4.75. The molecule has 0 saturated heterocycles. The summed E-state index contributed by atoms with van der Waals surface area (Å²) in [5.41, 5.74) is 1.45. The lowest BCUT2D eigenvalue weighted by Crippen LogP contribution is -2.16. The van der Waals surface area contributed by atoms with Gasteiger partial charge >= 0.3 is 12.5 Å². The number of alkyl halides is 2. The third-order valence-corrected chi connectivity index (χ3v) is 3.48. The highest BCUT2D eigenvalue weighted by Crippen LogP contribution is 2.21. The van der Waals surface area contributed by atoms with Gasteiger partial charge in [-0.15, -0.1) is 0 Å². The molecule has 0 saturated carbocycles. The van der Waals surface area contributed by atoms with Crippen LogP contribution in [0.4, 0.5) is 14.5 Å². The molecule has 0 aliphatic heterocycles. The highest BCUT2D eigenvalue weighted by Gasteiger charge is 2.19. The van der Waals surface area contributed by atoms with Gasteiger partial charge < -0.3 is 15.2 Å². The van der Waals surface area contributed by atoms with Crippen molar-refractivity contribution in [3.63, 3.8) is 0 Å². The number of carboxylic acid groups (broad SMARTS) is 1. The highest BCUT2D eigenvalue weighted by atomic mass is 19.3. The van der Waals surface area contributed by atoms with E-state index in [1.54, 1.807) is 25.1 Å². The van der Waals surface area contributed by atoms with Gasteiger partial charge in [-0.05, 0) is 26.0 Å². The molecule has 1 amide bonds. The minimum absolute atomic E-state index is 0.107. The Hall–Kier alpha value is -2.97. The number of halogens is 2. The molecule has 0 spiro atoms. The van der Waals surface area contributed by atoms with Crippen LogP contribution in [0.15, 0.2) is 24.3 Å². The molecular weight excluding hydrogens is 336 g/mol. The van der Waals surface area contributed by atoms with Crippen molar-refractivity contribution < 1.29 is 28.2 Å². The topological polar surface area (TPSA) is 93.5 Å². The zero-order valence-electron chi connectivity index (χ0n) is 13.6. The number of aromatic nitrogens is 2. The van der Waals surface area contributed by atoms with E-state index in [-0.39, 0.29) is 17.9 Å². The second-order valence-corrected chi connectivity index (χ2v) is 5.31. The van der Waals surface area contributed by atoms with Crippen molar-refractivity contribution >= 4 is 17.6 Å². The molecule has 0 bridgehead atoms. The lowest BCUT2D eigenvalue weighted by molar-refractivity contribution is -0.139. The number of carbonyl (C=O) groups is 2. The number of benzene rings is 1. The van der Waals surface area contributed by atoms with Gasteiger partial charge in [0.1, 0.15) is 5.75 Å². The minimum atomic E-state index is -2.77. The molecule has 1 aromatic carbocycles. The Morgan fingerprint density at radius 1 is 1.36 bits per heavy atom. The molecule has 25 heavy (non-hydrogen) atoms. The Labute approximate surface area is 142 Å². The SMILES string of the molecule is Cc1nn(C(F)F)c(C)c1CC(=O)Nc1cccc(OCC(=O)O)c1. The van der Waals surface area contributed by atoms with Crippen LogP contribution in [0.2, 0.25) is 0 Å². The Bertz CT molecular complexity index is 790. The van der Waals surface area contributed by atoms with E-state index in [1.807, 2.05) is 0 Å². The van der Waals surface area contributed by atoms with Crippen molar-refractivity contribution in [2.24, 2.45) is 0 Å². The van der Waals surface area contributed by atoms with Crippen LogP contribution in [0, 0.1) is 13.8 Å². The Morgan fingerprint density at radius 3 is 2.68 bits per heavy atom. The number of hydrogen-bond acceptors (Lipinski definition) is 4. The van der Waals surface area contributed by atoms with Gasteiger partial charge in [-0.25, -0.2) is 9.48 Å². The molecule has 0 aliphatic carbocycles. The molecular formula is C16H17F2N3O4. The molecule has 0 unspecified atom stereocenters. The summed E-state index contributed by atoms with van der Waals surface area (Å²) < 4.78 is 31.3. The van der Waals surface area contributed by atoms with Crippen molar-refractivity contribution in [1.82, 2.24) is 9.78 Å². The minimum Gasteiger partial charge on any atom is -0.482 e. The number of aliphatic carboxylic acids is 1. The molecule has 0 atom stereocenters. The first-order valence-corrected chi connectivity index (χ1v) is 7.35. The van der Waals surface area contributed by atoms with Crippen LogP contribution in [-0.4, -0.2) is 33.4 Å². The first-order valence-electron chi connectivity index (χ1n) is 7.35. The zero-order chi connectivity index (χ0) is 18.6. The average molecular weight is 353 g/mol. The molecule has 0 aliphatic rings. The van der Waals surface area contributed by atoms with E-state index in [2.05, 4.69) is 10.4 Å².